The van der Waals surface area contributed by atoms with E-state index in [4.69, 9.17) is 28.1 Å². The van der Waals surface area contributed by atoms with E-state index in [9.17, 15) is 5.11 Å². The Morgan fingerprint density at radius 3 is 2.33 bits per heavy atom. The van der Waals surface area contributed by atoms with Gasteiger partial charge in [-0.25, -0.2) is 0 Å². The van der Waals surface area contributed by atoms with E-state index in [0.29, 0.717) is 19.4 Å². The molecule has 0 spiro atoms. The highest BCUT2D eigenvalue weighted by Gasteiger charge is 2.47. The summed E-state index contributed by atoms with van der Waals surface area (Å²) in [4.78, 5) is 2.56. The number of thiophene rings is 1. The summed E-state index contributed by atoms with van der Waals surface area (Å²) < 4.78 is 37.3. The average Bonchev–Trinajstić information content (AvgIpc) is 3.66. The molecule has 2 aliphatic rings. The third kappa shape index (κ3) is 7.27. The van der Waals surface area contributed by atoms with Crippen LogP contribution in [0.1, 0.15) is 78.0 Å². The zero-order valence-electron chi connectivity index (χ0n) is 24.4. The second-order valence-electron chi connectivity index (χ2n) is 11.9. The van der Waals surface area contributed by atoms with E-state index in [1.807, 2.05) is 57.2 Å². The molecule has 4 unspecified atom stereocenters. The summed E-state index contributed by atoms with van der Waals surface area (Å²) in [6, 6.07) is 12.5. The Morgan fingerprint density at radius 1 is 0.850 bits per heavy atom. The van der Waals surface area contributed by atoms with Gasteiger partial charge in [0, 0.05) is 29.4 Å². The highest BCUT2D eigenvalue weighted by molar-refractivity contribution is 7.15. The summed E-state index contributed by atoms with van der Waals surface area (Å²) in [7, 11) is 0. The quantitative estimate of drug-likeness (QED) is 0.213. The maximum absolute atomic E-state index is 9.31. The maximum Gasteiger partial charge on any atom is 0.163 e. The number of rotatable bonds is 13. The van der Waals surface area contributed by atoms with Crippen molar-refractivity contribution in [2.45, 2.75) is 116 Å². The molecule has 1 aromatic carbocycles. The van der Waals surface area contributed by atoms with E-state index >= 15 is 0 Å². The molecule has 2 aliphatic heterocycles. The van der Waals surface area contributed by atoms with Gasteiger partial charge in [0.05, 0.1) is 23.2 Å². The van der Waals surface area contributed by atoms with E-state index < -0.39 is 11.6 Å². The predicted molar refractivity (Wildman–Crippen MR) is 157 cm³/mol. The summed E-state index contributed by atoms with van der Waals surface area (Å²) in [5.41, 5.74) is 0.805. The molecule has 0 radical (unpaired) electrons. The standard InChI is InChI=1S/C32H44O7S/c1-6-7-8-10-23-14-15-30(40-23)28-17-21-12-13-22(18-25(21)35-28)34-20-29-27(38-32(4,5)39-29)19-26-24(11-9-16-33)36-31(2,3)37-26/h12-15,17-18,24,26-27,29,33H,6-11,16,19-20H2,1-5H3. The Labute approximate surface area is 241 Å². The molecular weight excluding hydrogens is 528 g/mol. The van der Waals surface area contributed by atoms with Gasteiger partial charge in [0.1, 0.15) is 29.8 Å². The number of hydrogen-bond acceptors (Lipinski definition) is 8. The number of unbranched alkanes of at least 4 members (excludes halogenated alkanes) is 2. The van der Waals surface area contributed by atoms with Crippen LogP contribution < -0.4 is 4.74 Å². The Kier molecular flexibility index (Phi) is 9.24. The molecule has 4 heterocycles. The first-order valence-corrected chi connectivity index (χ1v) is 15.5. The molecule has 8 heteroatoms. The van der Waals surface area contributed by atoms with Crippen molar-refractivity contribution in [3.05, 3.63) is 41.3 Å². The maximum atomic E-state index is 9.31. The Morgan fingerprint density at radius 2 is 1.57 bits per heavy atom. The monoisotopic (exact) mass is 572 g/mol. The normalized spacial score (nSPS) is 25.6. The van der Waals surface area contributed by atoms with E-state index in [-0.39, 0.29) is 31.0 Å². The first-order chi connectivity index (χ1) is 19.1. The van der Waals surface area contributed by atoms with Crippen molar-refractivity contribution >= 4 is 22.3 Å². The van der Waals surface area contributed by atoms with Gasteiger partial charge in [0.2, 0.25) is 0 Å². The van der Waals surface area contributed by atoms with Crippen molar-refractivity contribution in [1.82, 2.24) is 0 Å². The van der Waals surface area contributed by atoms with Gasteiger partial charge < -0.3 is 33.2 Å². The van der Waals surface area contributed by atoms with Crippen LogP contribution in [0.15, 0.2) is 40.8 Å². The highest BCUT2D eigenvalue weighted by Crippen LogP contribution is 2.38. The Hall–Kier alpha value is -1.94. The fourth-order valence-electron chi connectivity index (χ4n) is 5.72. The molecule has 2 saturated heterocycles. The summed E-state index contributed by atoms with van der Waals surface area (Å²) in [5, 5.41) is 10.4. The Balaban J connectivity index is 1.23. The number of fused-ring (bicyclic) bond motifs is 1. The number of benzene rings is 1. The average molecular weight is 573 g/mol. The number of ether oxygens (including phenoxy) is 5. The van der Waals surface area contributed by atoms with E-state index in [0.717, 1.165) is 40.2 Å². The van der Waals surface area contributed by atoms with Crippen LogP contribution in [0.25, 0.3) is 21.6 Å². The molecule has 0 aliphatic carbocycles. The van der Waals surface area contributed by atoms with E-state index in [1.54, 1.807) is 0 Å². The topological polar surface area (TPSA) is 79.5 Å². The molecule has 7 nitrogen and oxygen atoms in total. The molecule has 40 heavy (non-hydrogen) atoms. The van der Waals surface area contributed by atoms with Crippen LogP contribution >= 0.6 is 11.3 Å². The summed E-state index contributed by atoms with van der Waals surface area (Å²) in [5.74, 6) is 0.243. The summed E-state index contributed by atoms with van der Waals surface area (Å²) >= 11 is 1.81. The van der Waals surface area contributed by atoms with E-state index in [1.165, 1.54) is 24.1 Å². The van der Waals surface area contributed by atoms with Gasteiger partial charge in [-0.05, 0) is 83.7 Å². The van der Waals surface area contributed by atoms with Crippen LogP contribution in [0.2, 0.25) is 0 Å². The van der Waals surface area contributed by atoms with Crippen LogP contribution in [0, 0.1) is 0 Å². The second kappa shape index (κ2) is 12.5. The van der Waals surface area contributed by atoms with Crippen molar-refractivity contribution in [2.75, 3.05) is 13.2 Å². The molecule has 5 rings (SSSR count). The number of aryl methyl sites for hydroxylation is 1. The van der Waals surface area contributed by atoms with Crippen molar-refractivity contribution in [1.29, 1.82) is 0 Å². The molecule has 0 saturated carbocycles. The first kappa shape index (κ1) is 29.5. The molecule has 3 aromatic rings. The van der Waals surface area contributed by atoms with Crippen molar-refractivity contribution < 1.29 is 33.2 Å². The molecule has 0 amide bonds. The SMILES string of the molecule is CCCCCc1ccc(-c2cc3ccc(OCC4OC(C)(C)OC4CC4OC(C)(C)OC4CCCO)cc3o2)s1. The third-order valence-electron chi connectivity index (χ3n) is 7.52. The molecule has 1 N–H and O–H groups in total. The van der Waals surface area contributed by atoms with Crippen molar-refractivity contribution in [3.8, 4) is 16.4 Å². The van der Waals surface area contributed by atoms with Crippen LogP contribution in [0.5, 0.6) is 5.75 Å². The number of hydrogen-bond donors (Lipinski definition) is 1. The van der Waals surface area contributed by atoms with Gasteiger partial charge in [0.25, 0.3) is 0 Å². The highest BCUT2D eigenvalue weighted by atomic mass is 32.1. The molecule has 2 aromatic heterocycles. The lowest BCUT2D eigenvalue weighted by Crippen LogP contribution is -2.35. The fraction of sp³-hybridized carbons (Fsp3) is 0.625. The van der Waals surface area contributed by atoms with Crippen LogP contribution in [-0.2, 0) is 25.4 Å². The number of aliphatic hydroxyl groups excluding tert-OH is 1. The molecular formula is C32H44O7S. The minimum Gasteiger partial charge on any atom is -0.491 e. The molecule has 4 atom stereocenters. The van der Waals surface area contributed by atoms with Crippen LogP contribution in [-0.4, -0.2) is 54.3 Å². The second-order valence-corrected chi connectivity index (χ2v) is 13.0. The number of aliphatic hydroxyl groups is 1. The number of furan rings is 1. The van der Waals surface area contributed by atoms with Gasteiger partial charge >= 0.3 is 0 Å². The van der Waals surface area contributed by atoms with Gasteiger partial charge in [0.15, 0.2) is 11.6 Å². The summed E-state index contributed by atoms with van der Waals surface area (Å²) in [6.07, 6.45) is 6.18. The van der Waals surface area contributed by atoms with Crippen molar-refractivity contribution in [3.63, 3.8) is 0 Å². The molecule has 0 bridgehead atoms. The minimum atomic E-state index is -0.718. The lowest BCUT2D eigenvalue weighted by molar-refractivity contribution is -0.157. The zero-order valence-corrected chi connectivity index (χ0v) is 25.3. The summed E-state index contributed by atoms with van der Waals surface area (Å²) in [6.45, 7) is 10.4. The molecule has 220 valence electrons. The predicted octanol–water partition coefficient (Wildman–Crippen LogP) is 7.48. The largest absolute Gasteiger partial charge is 0.491 e. The lowest BCUT2D eigenvalue weighted by Gasteiger charge is -2.23. The Bertz CT molecular complexity index is 1250. The molecule has 2 fully saturated rings. The van der Waals surface area contributed by atoms with Gasteiger partial charge in [-0.3, -0.25) is 0 Å². The van der Waals surface area contributed by atoms with Gasteiger partial charge in [-0.2, -0.15) is 0 Å². The third-order valence-corrected chi connectivity index (χ3v) is 8.68. The first-order valence-electron chi connectivity index (χ1n) is 14.7. The lowest BCUT2D eigenvalue weighted by atomic mass is 10.0. The van der Waals surface area contributed by atoms with Gasteiger partial charge in [-0.15, -0.1) is 11.3 Å². The smallest absolute Gasteiger partial charge is 0.163 e. The van der Waals surface area contributed by atoms with Crippen molar-refractivity contribution in [2.24, 2.45) is 0 Å². The fourth-order valence-corrected chi connectivity index (χ4v) is 6.72. The minimum absolute atomic E-state index is 0.0950. The van der Waals surface area contributed by atoms with Gasteiger partial charge in [-0.1, -0.05) is 19.8 Å². The van der Waals surface area contributed by atoms with Crippen LogP contribution in [0.3, 0.4) is 0 Å². The zero-order chi connectivity index (χ0) is 28.3. The van der Waals surface area contributed by atoms with Crippen LogP contribution in [0.4, 0.5) is 0 Å². The van der Waals surface area contributed by atoms with E-state index in [2.05, 4.69) is 25.1 Å².